The quantitative estimate of drug-likeness (QED) is 0.158. The summed E-state index contributed by atoms with van der Waals surface area (Å²) in [6, 6.07) is 67.4. The van der Waals surface area contributed by atoms with Gasteiger partial charge in [0.25, 0.3) is 0 Å². The van der Waals surface area contributed by atoms with E-state index in [1.807, 2.05) is 36.5 Å². The zero-order valence-electron chi connectivity index (χ0n) is 30.3. The van der Waals surface area contributed by atoms with Gasteiger partial charge in [0.15, 0.2) is 17.5 Å². The first-order valence-electron chi connectivity index (χ1n) is 18.5. The Morgan fingerprint density at radius 3 is 1.09 bits per heavy atom. The van der Waals surface area contributed by atoms with E-state index in [0.717, 1.165) is 72.5 Å². The number of benzene rings is 7. The van der Waals surface area contributed by atoms with Gasteiger partial charge in [-0.05, 0) is 70.1 Å². The van der Waals surface area contributed by atoms with E-state index in [1.54, 1.807) is 0 Å². The van der Waals surface area contributed by atoms with Crippen LogP contribution >= 0.6 is 0 Å². The van der Waals surface area contributed by atoms with Crippen molar-refractivity contribution >= 4 is 0 Å². The molecule has 0 fully saturated rings. The van der Waals surface area contributed by atoms with Gasteiger partial charge in [0.2, 0.25) is 0 Å². The van der Waals surface area contributed by atoms with Crippen LogP contribution in [0, 0.1) is 6.92 Å². The van der Waals surface area contributed by atoms with E-state index in [9.17, 15) is 0 Å². The second-order valence-electron chi connectivity index (χ2n) is 13.7. The second-order valence-corrected chi connectivity index (χ2v) is 13.7. The van der Waals surface area contributed by atoms with Crippen LogP contribution in [-0.4, -0.2) is 19.9 Å². The number of rotatable bonds is 8. The van der Waals surface area contributed by atoms with E-state index in [2.05, 4.69) is 171 Å². The predicted molar refractivity (Wildman–Crippen MR) is 226 cm³/mol. The fourth-order valence-electron chi connectivity index (χ4n) is 6.83. The van der Waals surface area contributed by atoms with Crippen molar-refractivity contribution in [2.45, 2.75) is 6.92 Å². The lowest BCUT2D eigenvalue weighted by Crippen LogP contribution is -2.01. The molecule has 260 valence electrons. The zero-order valence-corrected chi connectivity index (χ0v) is 30.3. The smallest absolute Gasteiger partial charge is 0.164 e. The SMILES string of the molecule is Cc1ccc(-c2cc(-c3ccc(-c4ccccc4)cn3)cc(-c3nc(-c4ccc(-c5ccccc5)cc4)nc(-c4ccc(-c5ccccc5)cc4)n3)c2)cc1. The van der Waals surface area contributed by atoms with Gasteiger partial charge in [0, 0.05) is 34.0 Å². The topological polar surface area (TPSA) is 51.6 Å². The average Bonchev–Trinajstić information content (AvgIpc) is 3.27. The van der Waals surface area contributed by atoms with Gasteiger partial charge < -0.3 is 0 Å². The monoisotopic (exact) mass is 704 g/mol. The van der Waals surface area contributed by atoms with E-state index in [4.69, 9.17) is 19.9 Å². The molecule has 2 aromatic heterocycles. The van der Waals surface area contributed by atoms with Gasteiger partial charge in [-0.15, -0.1) is 0 Å². The summed E-state index contributed by atoms with van der Waals surface area (Å²) >= 11 is 0. The second kappa shape index (κ2) is 15.0. The highest BCUT2D eigenvalue weighted by molar-refractivity contribution is 5.80. The van der Waals surface area contributed by atoms with Crippen molar-refractivity contribution in [3.8, 4) is 89.9 Å². The largest absolute Gasteiger partial charge is 0.256 e. The first kappa shape index (κ1) is 33.5. The Balaban J connectivity index is 1.18. The van der Waals surface area contributed by atoms with Crippen molar-refractivity contribution in [1.82, 2.24) is 19.9 Å². The summed E-state index contributed by atoms with van der Waals surface area (Å²) in [5, 5.41) is 0. The molecule has 0 N–H and O–H groups in total. The molecule has 0 atom stereocenters. The molecule has 0 bridgehead atoms. The lowest BCUT2D eigenvalue weighted by atomic mass is 9.96. The summed E-state index contributed by atoms with van der Waals surface area (Å²) in [5.41, 5.74) is 14.7. The number of pyridine rings is 1. The van der Waals surface area contributed by atoms with Crippen LogP contribution in [0.15, 0.2) is 200 Å². The Morgan fingerprint density at radius 1 is 0.273 bits per heavy atom. The number of aromatic nitrogens is 4. The Bertz CT molecular complexity index is 2590. The molecule has 0 radical (unpaired) electrons. The maximum atomic E-state index is 5.16. The molecular formula is C51H36N4. The van der Waals surface area contributed by atoms with Crippen LogP contribution in [0.25, 0.3) is 89.9 Å². The molecule has 0 saturated heterocycles. The number of hydrogen-bond donors (Lipinski definition) is 0. The number of aryl methyl sites for hydroxylation is 1. The van der Waals surface area contributed by atoms with E-state index >= 15 is 0 Å². The van der Waals surface area contributed by atoms with Crippen LogP contribution in [0.5, 0.6) is 0 Å². The first-order valence-corrected chi connectivity index (χ1v) is 18.5. The van der Waals surface area contributed by atoms with Gasteiger partial charge in [0.1, 0.15) is 0 Å². The minimum atomic E-state index is 0.593. The summed E-state index contributed by atoms with van der Waals surface area (Å²) in [4.78, 5) is 20.4. The predicted octanol–water partition coefficient (Wildman–Crippen LogP) is 12.9. The van der Waals surface area contributed by atoms with Gasteiger partial charge >= 0.3 is 0 Å². The van der Waals surface area contributed by atoms with Crippen molar-refractivity contribution in [2.75, 3.05) is 0 Å². The maximum Gasteiger partial charge on any atom is 0.164 e. The van der Waals surface area contributed by atoms with Crippen LogP contribution in [0.2, 0.25) is 0 Å². The van der Waals surface area contributed by atoms with E-state index in [1.165, 1.54) is 5.56 Å². The third-order valence-electron chi connectivity index (χ3n) is 9.88. The molecule has 4 nitrogen and oxygen atoms in total. The van der Waals surface area contributed by atoms with Gasteiger partial charge in [-0.2, -0.15) is 0 Å². The molecule has 7 aromatic carbocycles. The molecule has 0 saturated carbocycles. The summed E-state index contributed by atoms with van der Waals surface area (Å²) in [7, 11) is 0. The summed E-state index contributed by atoms with van der Waals surface area (Å²) < 4.78 is 0. The minimum Gasteiger partial charge on any atom is -0.256 e. The van der Waals surface area contributed by atoms with Gasteiger partial charge in [-0.3, -0.25) is 4.98 Å². The Kier molecular flexibility index (Phi) is 9.13. The van der Waals surface area contributed by atoms with Crippen molar-refractivity contribution in [3.05, 3.63) is 206 Å². The molecule has 55 heavy (non-hydrogen) atoms. The highest BCUT2D eigenvalue weighted by Gasteiger charge is 2.16. The maximum absolute atomic E-state index is 5.16. The molecular weight excluding hydrogens is 669 g/mol. The molecule has 4 heteroatoms. The number of hydrogen-bond acceptors (Lipinski definition) is 4. The Hall–Kier alpha value is -7.30. The highest BCUT2D eigenvalue weighted by Crippen LogP contribution is 2.34. The average molecular weight is 705 g/mol. The fraction of sp³-hybridized carbons (Fsp3) is 0.0196. The van der Waals surface area contributed by atoms with Crippen LogP contribution in [0.3, 0.4) is 0 Å². The molecule has 2 heterocycles. The summed E-state index contributed by atoms with van der Waals surface area (Å²) in [5.74, 6) is 1.81. The molecule has 9 rings (SSSR count). The van der Waals surface area contributed by atoms with Gasteiger partial charge in [0.05, 0.1) is 5.69 Å². The lowest BCUT2D eigenvalue weighted by Gasteiger charge is -2.13. The molecule has 0 unspecified atom stereocenters. The molecule has 9 aromatic rings. The van der Waals surface area contributed by atoms with Crippen LogP contribution < -0.4 is 0 Å². The van der Waals surface area contributed by atoms with E-state index in [0.29, 0.717) is 17.5 Å². The third-order valence-corrected chi connectivity index (χ3v) is 9.88. The number of nitrogens with zero attached hydrogens (tertiary/aromatic N) is 4. The highest BCUT2D eigenvalue weighted by atomic mass is 15.0. The molecule has 0 spiro atoms. The Labute approximate surface area is 321 Å². The third kappa shape index (κ3) is 7.35. The molecule has 0 amide bonds. The first-order chi connectivity index (χ1) is 27.1. The molecule has 0 aliphatic rings. The standard InChI is InChI=1S/C51H36N4/c1-35-17-19-41(20-18-35)45-31-46(48-30-29-44(34-52-48)38-15-9-4-10-16-38)33-47(32-45)51-54-49(42-25-21-39(22-26-42)36-11-5-2-6-12-36)53-50(55-51)43-27-23-40(24-28-43)37-13-7-3-8-14-37/h2-34H,1H3. The van der Waals surface area contributed by atoms with Crippen LogP contribution in [0.1, 0.15) is 5.56 Å². The zero-order chi connectivity index (χ0) is 37.0. The molecule has 0 aliphatic heterocycles. The van der Waals surface area contributed by atoms with Crippen molar-refractivity contribution in [2.24, 2.45) is 0 Å². The normalized spacial score (nSPS) is 11.0. The van der Waals surface area contributed by atoms with Crippen molar-refractivity contribution in [1.29, 1.82) is 0 Å². The minimum absolute atomic E-state index is 0.593. The van der Waals surface area contributed by atoms with Crippen LogP contribution in [0.4, 0.5) is 0 Å². The van der Waals surface area contributed by atoms with Crippen molar-refractivity contribution in [3.63, 3.8) is 0 Å². The van der Waals surface area contributed by atoms with Gasteiger partial charge in [-0.25, -0.2) is 15.0 Å². The van der Waals surface area contributed by atoms with Crippen molar-refractivity contribution < 1.29 is 0 Å². The van der Waals surface area contributed by atoms with E-state index in [-0.39, 0.29) is 0 Å². The summed E-state index contributed by atoms with van der Waals surface area (Å²) in [6.45, 7) is 2.11. The lowest BCUT2D eigenvalue weighted by molar-refractivity contribution is 1.07. The van der Waals surface area contributed by atoms with Gasteiger partial charge in [-0.1, -0.05) is 175 Å². The van der Waals surface area contributed by atoms with E-state index < -0.39 is 0 Å². The fourth-order valence-corrected chi connectivity index (χ4v) is 6.83. The molecule has 0 aliphatic carbocycles. The Morgan fingerprint density at radius 2 is 0.618 bits per heavy atom. The van der Waals surface area contributed by atoms with Crippen LogP contribution in [-0.2, 0) is 0 Å². The summed E-state index contributed by atoms with van der Waals surface area (Å²) in [6.07, 6.45) is 1.94.